The summed E-state index contributed by atoms with van der Waals surface area (Å²) < 4.78 is 5.32. The van der Waals surface area contributed by atoms with Crippen LogP contribution in [0.1, 0.15) is 20.8 Å². The van der Waals surface area contributed by atoms with Crippen LogP contribution in [0.4, 0.5) is 0 Å². The Morgan fingerprint density at radius 3 is 2.35 bits per heavy atom. The van der Waals surface area contributed by atoms with Crippen molar-refractivity contribution in [3.63, 3.8) is 0 Å². The normalized spacial score (nSPS) is 15.5. The Morgan fingerprint density at radius 2 is 1.88 bits per heavy atom. The van der Waals surface area contributed by atoms with Crippen molar-refractivity contribution in [3.05, 3.63) is 0 Å². The lowest BCUT2D eigenvalue weighted by Crippen LogP contribution is -2.48. The van der Waals surface area contributed by atoms with Crippen molar-refractivity contribution >= 4 is 11.8 Å². The zero-order valence-corrected chi connectivity index (χ0v) is 13.1. The molecule has 0 saturated heterocycles. The third kappa shape index (κ3) is 8.03. The number of hydrogen-bond donors (Lipinski definition) is 1. The summed E-state index contributed by atoms with van der Waals surface area (Å²) in [6.45, 7) is 9.62. The zero-order valence-electron chi connectivity index (χ0n) is 12.3. The van der Waals surface area contributed by atoms with Gasteiger partial charge in [0.1, 0.15) is 0 Å². The van der Waals surface area contributed by atoms with E-state index in [4.69, 9.17) is 4.74 Å². The maximum absolute atomic E-state index is 5.32. The SMILES string of the molecule is COCC(CNCC(C)C)N(C)C(C)CSC. The van der Waals surface area contributed by atoms with E-state index in [2.05, 4.69) is 44.3 Å². The largest absolute Gasteiger partial charge is 0.383 e. The highest BCUT2D eigenvalue weighted by atomic mass is 32.2. The van der Waals surface area contributed by atoms with E-state index in [-0.39, 0.29) is 0 Å². The van der Waals surface area contributed by atoms with E-state index in [0.29, 0.717) is 18.0 Å². The highest BCUT2D eigenvalue weighted by molar-refractivity contribution is 7.98. The van der Waals surface area contributed by atoms with Crippen LogP contribution in [0.2, 0.25) is 0 Å². The molecule has 2 atom stereocenters. The molecule has 1 N–H and O–H groups in total. The van der Waals surface area contributed by atoms with Gasteiger partial charge in [-0.05, 0) is 32.7 Å². The minimum absolute atomic E-state index is 0.459. The number of ether oxygens (including phenoxy) is 1. The van der Waals surface area contributed by atoms with Crippen LogP contribution in [0.5, 0.6) is 0 Å². The van der Waals surface area contributed by atoms with Gasteiger partial charge >= 0.3 is 0 Å². The second-order valence-corrected chi connectivity index (χ2v) is 6.04. The molecule has 0 aliphatic heterocycles. The van der Waals surface area contributed by atoms with Gasteiger partial charge in [-0.15, -0.1) is 0 Å². The molecule has 0 aromatic carbocycles. The molecule has 0 fully saturated rings. The van der Waals surface area contributed by atoms with E-state index < -0.39 is 0 Å². The molecule has 0 aliphatic carbocycles. The van der Waals surface area contributed by atoms with Gasteiger partial charge in [0.05, 0.1) is 6.61 Å². The average Bonchev–Trinajstić information content (AvgIpc) is 2.27. The van der Waals surface area contributed by atoms with Crippen molar-refractivity contribution in [3.8, 4) is 0 Å². The lowest BCUT2D eigenvalue weighted by molar-refractivity contribution is 0.0890. The first kappa shape index (κ1) is 17.2. The maximum Gasteiger partial charge on any atom is 0.0630 e. The van der Waals surface area contributed by atoms with Crippen molar-refractivity contribution in [2.24, 2.45) is 5.92 Å². The molecule has 4 heteroatoms. The Hall–Kier alpha value is 0.230. The molecule has 0 aliphatic rings. The van der Waals surface area contributed by atoms with Crippen LogP contribution < -0.4 is 5.32 Å². The summed E-state index contributed by atoms with van der Waals surface area (Å²) in [5.74, 6) is 1.87. The fraction of sp³-hybridized carbons (Fsp3) is 1.00. The summed E-state index contributed by atoms with van der Waals surface area (Å²) in [6, 6.07) is 1.05. The molecule has 0 rings (SSSR count). The number of methoxy groups -OCH3 is 1. The number of rotatable bonds is 10. The van der Waals surface area contributed by atoms with Crippen molar-refractivity contribution in [2.45, 2.75) is 32.9 Å². The fourth-order valence-electron chi connectivity index (χ4n) is 1.77. The zero-order chi connectivity index (χ0) is 13.3. The van der Waals surface area contributed by atoms with E-state index in [1.165, 1.54) is 5.75 Å². The van der Waals surface area contributed by atoms with Crippen molar-refractivity contribution in [1.82, 2.24) is 10.2 Å². The summed E-state index contributed by atoms with van der Waals surface area (Å²) in [5.41, 5.74) is 0. The number of likely N-dealkylation sites (N-methyl/N-ethyl adjacent to an activating group) is 1. The predicted molar refractivity (Wildman–Crippen MR) is 79.0 cm³/mol. The lowest BCUT2D eigenvalue weighted by atomic mass is 10.2. The Morgan fingerprint density at radius 1 is 1.24 bits per heavy atom. The number of hydrogen-bond acceptors (Lipinski definition) is 4. The Labute approximate surface area is 112 Å². The molecule has 0 radical (unpaired) electrons. The maximum atomic E-state index is 5.32. The Balaban J connectivity index is 4.10. The van der Waals surface area contributed by atoms with Gasteiger partial charge in [0.15, 0.2) is 0 Å². The second kappa shape index (κ2) is 10.2. The van der Waals surface area contributed by atoms with Crippen LogP contribution in [0.15, 0.2) is 0 Å². The van der Waals surface area contributed by atoms with Crippen molar-refractivity contribution < 1.29 is 4.74 Å². The molecule has 104 valence electrons. The summed E-state index contributed by atoms with van der Waals surface area (Å²) in [4.78, 5) is 2.42. The standard InChI is InChI=1S/C13H30N2OS/c1-11(2)7-14-8-13(9-16-5)15(4)12(3)10-17-6/h11-14H,7-10H2,1-6H3. The molecule has 2 unspecified atom stereocenters. The molecular formula is C13H30N2OS. The Bertz CT molecular complexity index is 179. The van der Waals surface area contributed by atoms with E-state index in [1.807, 2.05) is 11.8 Å². The lowest BCUT2D eigenvalue weighted by Gasteiger charge is -2.33. The average molecular weight is 262 g/mol. The summed E-state index contributed by atoms with van der Waals surface area (Å²) in [7, 11) is 3.98. The molecule has 0 amide bonds. The minimum atomic E-state index is 0.459. The predicted octanol–water partition coefficient (Wildman–Crippen LogP) is 1.93. The smallest absolute Gasteiger partial charge is 0.0630 e. The molecule has 17 heavy (non-hydrogen) atoms. The van der Waals surface area contributed by atoms with Crippen LogP contribution in [0.25, 0.3) is 0 Å². The molecule has 0 aromatic heterocycles. The monoisotopic (exact) mass is 262 g/mol. The third-order valence-corrected chi connectivity index (χ3v) is 3.79. The summed E-state index contributed by atoms with van der Waals surface area (Å²) in [6.07, 6.45) is 2.16. The van der Waals surface area contributed by atoms with Gasteiger partial charge in [0, 0.05) is 31.5 Å². The first-order valence-corrected chi connectivity index (χ1v) is 7.82. The number of thioether (sulfide) groups is 1. The van der Waals surface area contributed by atoms with Gasteiger partial charge in [-0.1, -0.05) is 13.8 Å². The fourth-order valence-corrected chi connectivity index (χ4v) is 2.49. The van der Waals surface area contributed by atoms with Gasteiger partial charge in [0.25, 0.3) is 0 Å². The van der Waals surface area contributed by atoms with Gasteiger partial charge in [-0.3, -0.25) is 4.90 Å². The first-order chi connectivity index (χ1) is 8.02. The Kier molecular flexibility index (Phi) is 10.3. The van der Waals surface area contributed by atoms with Crippen LogP contribution in [-0.4, -0.2) is 62.8 Å². The van der Waals surface area contributed by atoms with Crippen LogP contribution in [0.3, 0.4) is 0 Å². The quantitative estimate of drug-likeness (QED) is 0.650. The molecule has 0 aromatic rings. The van der Waals surface area contributed by atoms with E-state index in [9.17, 15) is 0 Å². The third-order valence-electron chi connectivity index (χ3n) is 2.97. The topological polar surface area (TPSA) is 24.5 Å². The summed E-state index contributed by atoms with van der Waals surface area (Å²) >= 11 is 1.90. The van der Waals surface area contributed by atoms with Crippen molar-refractivity contribution in [1.29, 1.82) is 0 Å². The van der Waals surface area contributed by atoms with Crippen LogP contribution >= 0.6 is 11.8 Å². The van der Waals surface area contributed by atoms with Gasteiger partial charge in [-0.25, -0.2) is 0 Å². The molecule has 0 saturated carbocycles. The molecule has 0 spiro atoms. The van der Waals surface area contributed by atoms with Gasteiger partial charge in [-0.2, -0.15) is 11.8 Å². The first-order valence-electron chi connectivity index (χ1n) is 6.43. The number of nitrogens with one attached hydrogen (secondary N) is 1. The molecule has 0 heterocycles. The molecular weight excluding hydrogens is 232 g/mol. The summed E-state index contributed by atoms with van der Waals surface area (Å²) in [5, 5.41) is 3.52. The molecule has 3 nitrogen and oxygen atoms in total. The highest BCUT2D eigenvalue weighted by Crippen LogP contribution is 2.08. The number of nitrogens with zero attached hydrogens (tertiary/aromatic N) is 1. The van der Waals surface area contributed by atoms with E-state index in [1.54, 1.807) is 7.11 Å². The highest BCUT2D eigenvalue weighted by Gasteiger charge is 2.19. The van der Waals surface area contributed by atoms with Gasteiger partial charge < -0.3 is 10.1 Å². The van der Waals surface area contributed by atoms with Crippen LogP contribution in [-0.2, 0) is 4.74 Å². The van der Waals surface area contributed by atoms with E-state index >= 15 is 0 Å². The van der Waals surface area contributed by atoms with Crippen LogP contribution in [0, 0.1) is 5.92 Å². The minimum Gasteiger partial charge on any atom is -0.383 e. The molecule has 0 bridgehead atoms. The van der Waals surface area contributed by atoms with Crippen molar-refractivity contribution in [2.75, 3.05) is 45.9 Å². The van der Waals surface area contributed by atoms with E-state index in [0.717, 1.165) is 19.7 Å². The van der Waals surface area contributed by atoms with Gasteiger partial charge in [0.2, 0.25) is 0 Å². The second-order valence-electron chi connectivity index (χ2n) is 5.13.